The molecular weight excluding hydrogens is 424 g/mol. The van der Waals surface area contributed by atoms with Crippen molar-refractivity contribution in [1.82, 2.24) is 10.2 Å². The Labute approximate surface area is 192 Å². The second kappa shape index (κ2) is 7.21. The summed E-state index contributed by atoms with van der Waals surface area (Å²) in [7, 11) is 1.26. The van der Waals surface area contributed by atoms with Gasteiger partial charge in [-0.2, -0.15) is 0 Å². The van der Waals surface area contributed by atoms with Crippen LogP contribution >= 0.6 is 0 Å². The van der Waals surface area contributed by atoms with E-state index in [1.54, 1.807) is 6.07 Å². The number of ether oxygens (including phenoxy) is 2. The van der Waals surface area contributed by atoms with Crippen molar-refractivity contribution >= 4 is 11.9 Å². The number of aliphatic hydroxyl groups is 1. The van der Waals surface area contributed by atoms with Crippen LogP contribution in [0.5, 0.6) is 11.5 Å². The molecule has 2 saturated carbocycles. The van der Waals surface area contributed by atoms with Gasteiger partial charge in [-0.15, -0.1) is 0 Å². The molecule has 176 valence electrons. The van der Waals surface area contributed by atoms with Crippen LogP contribution in [0.1, 0.15) is 43.2 Å². The van der Waals surface area contributed by atoms with Gasteiger partial charge in [-0.3, -0.25) is 9.69 Å². The molecule has 2 heterocycles. The van der Waals surface area contributed by atoms with Gasteiger partial charge in [-0.25, -0.2) is 4.79 Å². The summed E-state index contributed by atoms with van der Waals surface area (Å²) in [6, 6.07) is 3.29. The van der Waals surface area contributed by atoms with E-state index >= 15 is 0 Å². The molecule has 1 spiro atoms. The lowest BCUT2D eigenvalue weighted by Gasteiger charge is -2.64. The number of nitrogens with zero attached hydrogens (tertiary/aromatic N) is 1. The first-order chi connectivity index (χ1) is 15.9. The number of rotatable bonds is 5. The molecule has 1 aromatic carbocycles. The van der Waals surface area contributed by atoms with Crippen molar-refractivity contribution in [2.75, 3.05) is 20.2 Å². The number of piperidine rings is 1. The third-order valence-corrected chi connectivity index (χ3v) is 8.66. The molecule has 6 rings (SSSR count). The zero-order valence-corrected chi connectivity index (χ0v) is 18.8. The van der Waals surface area contributed by atoms with E-state index in [1.165, 1.54) is 20.0 Å². The summed E-state index contributed by atoms with van der Waals surface area (Å²) in [6.07, 6.45) is 6.84. The van der Waals surface area contributed by atoms with Gasteiger partial charge in [0.05, 0.1) is 24.2 Å². The molecule has 2 aliphatic heterocycles. The normalized spacial score (nSPS) is 36.2. The minimum absolute atomic E-state index is 0.00295. The highest BCUT2D eigenvalue weighted by atomic mass is 16.5. The zero-order valence-electron chi connectivity index (χ0n) is 18.8. The van der Waals surface area contributed by atoms with Crippen LogP contribution in [0.2, 0.25) is 0 Å². The number of hydrogen-bond acceptors (Lipinski definition) is 7. The van der Waals surface area contributed by atoms with E-state index in [0.717, 1.165) is 48.7 Å². The molecule has 5 atom stereocenters. The average Bonchev–Trinajstić information content (AvgIpc) is 3.54. The van der Waals surface area contributed by atoms with Gasteiger partial charge in [0.15, 0.2) is 11.5 Å². The number of hydrogen-bond donors (Lipinski definition) is 3. The van der Waals surface area contributed by atoms with Gasteiger partial charge in [0, 0.05) is 30.3 Å². The standard InChI is InChI=1S/C25H30N2O6/c1-32-20(30)7-6-19(29)26-16-8-9-25(31)18-12-15-4-5-17(28)22-21(15)24(25,23(16)33-22)10-11-27(18)13-14-2-3-14/h4-7,14,16,18,23,28,31H,2-3,8-13H2,1H3,(H,26,29)/b7-6+/t16-,18-,23?,24+,25-/m1/s1. The molecule has 1 amide bonds. The predicted molar refractivity (Wildman–Crippen MR) is 118 cm³/mol. The van der Waals surface area contributed by atoms with Crippen molar-refractivity contribution < 1.29 is 29.3 Å². The van der Waals surface area contributed by atoms with Gasteiger partial charge in [0.1, 0.15) is 6.10 Å². The van der Waals surface area contributed by atoms with E-state index in [-0.39, 0.29) is 17.8 Å². The van der Waals surface area contributed by atoms with Crippen LogP contribution in [0.4, 0.5) is 0 Å². The summed E-state index contributed by atoms with van der Waals surface area (Å²) in [4.78, 5) is 26.4. The summed E-state index contributed by atoms with van der Waals surface area (Å²) < 4.78 is 11.0. The number of benzene rings is 1. The molecule has 1 unspecified atom stereocenters. The van der Waals surface area contributed by atoms with E-state index in [1.807, 2.05) is 6.07 Å². The Morgan fingerprint density at radius 1 is 1.27 bits per heavy atom. The fraction of sp³-hybridized carbons (Fsp3) is 0.600. The maximum atomic E-state index is 12.6. The van der Waals surface area contributed by atoms with Crippen LogP contribution < -0.4 is 10.1 Å². The van der Waals surface area contributed by atoms with Crippen LogP contribution in [-0.4, -0.2) is 71.0 Å². The molecule has 8 heteroatoms. The summed E-state index contributed by atoms with van der Waals surface area (Å²) in [5.41, 5.74) is 0.390. The SMILES string of the molecule is COC(=O)/C=C/C(=O)N[C@@H]1CC[C@@]2(O)[C@H]3Cc4ccc(O)c5c4[C@@]2(CCN3CC2CC2)C1O5. The minimum atomic E-state index is -0.986. The lowest BCUT2D eigenvalue weighted by Crippen LogP contribution is -2.78. The van der Waals surface area contributed by atoms with E-state index in [9.17, 15) is 19.8 Å². The highest BCUT2D eigenvalue weighted by molar-refractivity contribution is 5.94. The minimum Gasteiger partial charge on any atom is -0.504 e. The van der Waals surface area contributed by atoms with E-state index in [2.05, 4.69) is 15.0 Å². The average molecular weight is 455 g/mol. The Bertz CT molecular complexity index is 1050. The van der Waals surface area contributed by atoms with E-state index in [4.69, 9.17) is 4.74 Å². The van der Waals surface area contributed by atoms with Gasteiger partial charge < -0.3 is 25.0 Å². The number of phenols is 1. The summed E-state index contributed by atoms with van der Waals surface area (Å²) in [5.74, 6) is 0.256. The Hall–Kier alpha value is -2.58. The monoisotopic (exact) mass is 454 g/mol. The summed E-state index contributed by atoms with van der Waals surface area (Å²) >= 11 is 0. The van der Waals surface area contributed by atoms with Crippen LogP contribution in [0, 0.1) is 5.92 Å². The summed E-state index contributed by atoms with van der Waals surface area (Å²) in [6.45, 7) is 1.88. The molecular formula is C25H30N2O6. The fourth-order valence-electron chi connectivity index (χ4n) is 7.07. The first-order valence-corrected chi connectivity index (χ1v) is 11.9. The topological polar surface area (TPSA) is 108 Å². The number of amides is 1. The molecule has 2 bridgehead atoms. The molecule has 0 radical (unpaired) electrons. The Balaban J connectivity index is 1.38. The largest absolute Gasteiger partial charge is 0.504 e. The maximum absolute atomic E-state index is 12.6. The van der Waals surface area contributed by atoms with Crippen molar-refractivity contribution in [1.29, 1.82) is 0 Å². The van der Waals surface area contributed by atoms with Crippen LogP contribution in [0.15, 0.2) is 24.3 Å². The zero-order chi connectivity index (χ0) is 23.0. The molecule has 1 saturated heterocycles. The Kier molecular flexibility index (Phi) is 4.58. The molecule has 1 aromatic rings. The predicted octanol–water partition coefficient (Wildman–Crippen LogP) is 1.17. The van der Waals surface area contributed by atoms with Crippen molar-refractivity contribution in [3.8, 4) is 11.5 Å². The Morgan fingerprint density at radius 3 is 2.85 bits per heavy atom. The first kappa shape index (κ1) is 21.0. The second-order valence-electron chi connectivity index (χ2n) is 10.3. The molecule has 3 aliphatic carbocycles. The summed E-state index contributed by atoms with van der Waals surface area (Å²) in [5, 5.41) is 26.0. The van der Waals surface area contributed by atoms with Crippen molar-refractivity contribution in [3.63, 3.8) is 0 Å². The number of methoxy groups -OCH3 is 1. The molecule has 8 nitrogen and oxygen atoms in total. The highest BCUT2D eigenvalue weighted by Gasteiger charge is 2.73. The smallest absolute Gasteiger partial charge is 0.330 e. The van der Waals surface area contributed by atoms with Crippen molar-refractivity contribution in [2.24, 2.45) is 5.92 Å². The molecule has 5 aliphatic rings. The van der Waals surface area contributed by atoms with Gasteiger partial charge in [-0.1, -0.05) is 6.07 Å². The third kappa shape index (κ3) is 2.89. The van der Waals surface area contributed by atoms with Crippen molar-refractivity contribution in [2.45, 2.75) is 67.7 Å². The lowest BCUT2D eigenvalue weighted by atomic mass is 9.48. The highest BCUT2D eigenvalue weighted by Crippen LogP contribution is 2.65. The number of carbonyl (C=O) groups is 2. The van der Waals surface area contributed by atoms with Gasteiger partial charge >= 0.3 is 5.97 Å². The second-order valence-corrected chi connectivity index (χ2v) is 10.3. The molecule has 33 heavy (non-hydrogen) atoms. The molecule has 0 aromatic heterocycles. The quantitative estimate of drug-likeness (QED) is 0.453. The van der Waals surface area contributed by atoms with Crippen LogP contribution in [-0.2, 0) is 26.2 Å². The first-order valence-electron chi connectivity index (χ1n) is 11.9. The van der Waals surface area contributed by atoms with Crippen LogP contribution in [0.25, 0.3) is 0 Å². The number of phenolic OH excluding ortho intramolecular Hbond substituents is 1. The number of nitrogens with one attached hydrogen (secondary N) is 1. The third-order valence-electron chi connectivity index (χ3n) is 8.66. The fourth-order valence-corrected chi connectivity index (χ4v) is 7.07. The maximum Gasteiger partial charge on any atom is 0.330 e. The van der Waals surface area contributed by atoms with Gasteiger partial charge in [0.2, 0.25) is 5.91 Å². The van der Waals surface area contributed by atoms with Crippen LogP contribution in [0.3, 0.4) is 0 Å². The van der Waals surface area contributed by atoms with Crippen molar-refractivity contribution in [3.05, 3.63) is 35.4 Å². The Morgan fingerprint density at radius 2 is 2.09 bits per heavy atom. The number of esters is 1. The molecule has 3 fully saturated rings. The number of aromatic hydroxyl groups is 1. The van der Waals surface area contributed by atoms with Gasteiger partial charge in [0.25, 0.3) is 0 Å². The molecule has 3 N–H and O–H groups in total. The van der Waals surface area contributed by atoms with E-state index < -0.39 is 29.0 Å². The lowest BCUT2D eigenvalue weighted by molar-refractivity contribution is -0.192. The van der Waals surface area contributed by atoms with E-state index in [0.29, 0.717) is 25.0 Å². The van der Waals surface area contributed by atoms with Gasteiger partial charge in [-0.05, 0) is 62.6 Å². The number of likely N-dealkylation sites (tertiary alicyclic amines) is 1. The number of carbonyl (C=O) groups excluding carboxylic acids is 2.